The first-order chi connectivity index (χ1) is 13.8. The number of hydrogen-bond acceptors (Lipinski definition) is 5. The van der Waals surface area contributed by atoms with Crippen LogP contribution in [0.15, 0.2) is 51.8 Å². The van der Waals surface area contributed by atoms with Crippen LogP contribution in [0.1, 0.15) is 40.5 Å². The lowest BCUT2D eigenvalue weighted by atomic mass is 10.2. The van der Waals surface area contributed by atoms with E-state index < -0.39 is 21.8 Å². The fourth-order valence-electron chi connectivity index (χ4n) is 2.46. The lowest BCUT2D eigenvalue weighted by Gasteiger charge is -2.11. The summed E-state index contributed by atoms with van der Waals surface area (Å²) in [5, 5.41) is 0. The Morgan fingerprint density at radius 2 is 1.72 bits per heavy atom. The Morgan fingerprint density at radius 1 is 1.07 bits per heavy atom. The minimum Gasteiger partial charge on any atom is -0.494 e. The number of carbonyl (C=O) groups is 2. The zero-order chi connectivity index (χ0) is 21.0. The molecule has 2 amide bonds. The first-order valence-electron chi connectivity index (χ1n) is 8.95. The number of halogens is 1. The molecule has 3 N–H and O–H groups in total. The van der Waals surface area contributed by atoms with Crippen molar-refractivity contribution in [3.05, 3.63) is 58.1 Å². The Balaban J connectivity index is 1.66. The highest BCUT2D eigenvalue weighted by Gasteiger charge is 2.28. The quantitative estimate of drug-likeness (QED) is 0.525. The highest BCUT2D eigenvalue weighted by atomic mass is 79.9. The van der Waals surface area contributed by atoms with Gasteiger partial charge < -0.3 is 4.74 Å². The molecule has 1 saturated carbocycles. The number of hydrogen-bond donors (Lipinski definition) is 3. The van der Waals surface area contributed by atoms with Gasteiger partial charge in [0.25, 0.3) is 11.8 Å². The van der Waals surface area contributed by atoms with Crippen molar-refractivity contribution in [3.63, 3.8) is 0 Å². The van der Waals surface area contributed by atoms with Crippen LogP contribution in [0.4, 0.5) is 0 Å². The summed E-state index contributed by atoms with van der Waals surface area (Å²) in [6, 6.07) is 10.5. The van der Waals surface area contributed by atoms with Crippen LogP contribution in [0.2, 0.25) is 0 Å². The summed E-state index contributed by atoms with van der Waals surface area (Å²) in [5.41, 5.74) is 5.02. The molecule has 154 valence electrons. The van der Waals surface area contributed by atoms with E-state index >= 15 is 0 Å². The first-order valence-corrected chi connectivity index (χ1v) is 11.2. The molecule has 0 bridgehead atoms. The molecule has 0 aromatic heterocycles. The zero-order valence-corrected chi connectivity index (χ0v) is 18.0. The second-order valence-electron chi connectivity index (χ2n) is 6.40. The van der Waals surface area contributed by atoms with E-state index in [1.807, 2.05) is 6.92 Å². The van der Waals surface area contributed by atoms with E-state index in [4.69, 9.17) is 4.74 Å². The maximum Gasteiger partial charge on any atom is 0.270 e. The van der Waals surface area contributed by atoms with Crippen molar-refractivity contribution < 1.29 is 22.7 Å². The van der Waals surface area contributed by atoms with Crippen molar-refractivity contribution in [3.8, 4) is 5.75 Å². The normalized spacial score (nSPS) is 13.6. The van der Waals surface area contributed by atoms with Gasteiger partial charge in [0.05, 0.1) is 17.1 Å². The fourth-order valence-corrected chi connectivity index (χ4v) is 4.21. The number of nitrogens with one attached hydrogen (secondary N) is 3. The number of carbonyl (C=O) groups excluding carboxylic acids is 2. The largest absolute Gasteiger partial charge is 0.494 e. The molecule has 1 fully saturated rings. The van der Waals surface area contributed by atoms with Crippen molar-refractivity contribution >= 4 is 37.8 Å². The van der Waals surface area contributed by atoms with Gasteiger partial charge in [0.2, 0.25) is 10.0 Å². The van der Waals surface area contributed by atoms with Gasteiger partial charge in [-0.05, 0) is 78.2 Å². The Labute approximate surface area is 177 Å². The molecule has 0 atom stereocenters. The molecule has 0 heterocycles. The van der Waals surface area contributed by atoms with E-state index in [1.54, 1.807) is 24.3 Å². The lowest BCUT2D eigenvalue weighted by Crippen LogP contribution is -2.41. The van der Waals surface area contributed by atoms with Gasteiger partial charge in [0, 0.05) is 16.1 Å². The summed E-state index contributed by atoms with van der Waals surface area (Å²) in [6.07, 6.45) is 1.61. The summed E-state index contributed by atoms with van der Waals surface area (Å²) in [7, 11) is -3.70. The van der Waals surface area contributed by atoms with Crippen molar-refractivity contribution in [2.45, 2.75) is 30.7 Å². The Morgan fingerprint density at radius 3 is 2.34 bits per heavy atom. The van der Waals surface area contributed by atoms with E-state index in [2.05, 4.69) is 31.5 Å². The summed E-state index contributed by atoms with van der Waals surface area (Å²) >= 11 is 3.23. The molecule has 3 rings (SSSR count). The van der Waals surface area contributed by atoms with Crippen LogP contribution in [0.5, 0.6) is 5.75 Å². The Kier molecular flexibility index (Phi) is 6.56. The van der Waals surface area contributed by atoms with Crippen LogP contribution < -0.4 is 20.3 Å². The predicted molar refractivity (Wildman–Crippen MR) is 110 cm³/mol. The highest BCUT2D eigenvalue weighted by Crippen LogP contribution is 2.25. The van der Waals surface area contributed by atoms with Crippen LogP contribution in [-0.2, 0) is 10.0 Å². The third-order valence-corrected chi connectivity index (χ3v) is 6.32. The van der Waals surface area contributed by atoms with E-state index in [0.29, 0.717) is 22.4 Å². The summed E-state index contributed by atoms with van der Waals surface area (Å²) < 4.78 is 33.0. The predicted octanol–water partition coefficient (Wildman–Crippen LogP) is 2.36. The standard InChI is InChI=1S/C19H20BrN3O5S/c1-2-28-14-7-3-12(4-8-14)18(24)21-22-19(25)16-11-15(9-10-17(16)20)29(26,27)23-13-5-6-13/h3-4,7-11,13,23H,2,5-6H2,1H3,(H,21,24)(H,22,25). The summed E-state index contributed by atoms with van der Waals surface area (Å²) in [5.74, 6) is -0.536. The number of ether oxygens (including phenoxy) is 1. The van der Waals surface area contributed by atoms with Crippen LogP contribution in [0.25, 0.3) is 0 Å². The van der Waals surface area contributed by atoms with Gasteiger partial charge in [-0.1, -0.05) is 0 Å². The molecule has 0 spiro atoms. The molecule has 0 saturated heterocycles. The molecule has 1 aliphatic carbocycles. The molecule has 10 heteroatoms. The minimum atomic E-state index is -3.70. The molecule has 29 heavy (non-hydrogen) atoms. The molecule has 0 aliphatic heterocycles. The van der Waals surface area contributed by atoms with Gasteiger partial charge in [-0.3, -0.25) is 20.4 Å². The second kappa shape index (κ2) is 8.93. The Hall–Kier alpha value is -2.43. The van der Waals surface area contributed by atoms with Crippen LogP contribution in [0, 0.1) is 0 Å². The SMILES string of the molecule is CCOc1ccc(C(=O)NNC(=O)c2cc(S(=O)(=O)NC3CC3)ccc2Br)cc1. The van der Waals surface area contributed by atoms with E-state index in [1.165, 1.54) is 18.2 Å². The second-order valence-corrected chi connectivity index (χ2v) is 8.97. The number of sulfonamides is 1. The third kappa shape index (κ3) is 5.55. The average molecular weight is 482 g/mol. The molecule has 1 aliphatic rings. The summed E-state index contributed by atoms with van der Waals surface area (Å²) in [6.45, 7) is 2.37. The van der Waals surface area contributed by atoms with Crippen LogP contribution >= 0.6 is 15.9 Å². The first kappa shape index (κ1) is 21.3. The zero-order valence-electron chi connectivity index (χ0n) is 15.6. The van der Waals surface area contributed by atoms with Gasteiger partial charge in [-0.15, -0.1) is 0 Å². The van der Waals surface area contributed by atoms with E-state index in [0.717, 1.165) is 12.8 Å². The molecule has 0 radical (unpaired) electrons. The van der Waals surface area contributed by atoms with Gasteiger partial charge in [0.15, 0.2) is 0 Å². The van der Waals surface area contributed by atoms with Crippen molar-refractivity contribution in [1.29, 1.82) is 0 Å². The van der Waals surface area contributed by atoms with Crippen LogP contribution in [0.3, 0.4) is 0 Å². The summed E-state index contributed by atoms with van der Waals surface area (Å²) in [4.78, 5) is 24.6. The smallest absolute Gasteiger partial charge is 0.270 e. The molecular weight excluding hydrogens is 462 g/mol. The van der Waals surface area contributed by atoms with Crippen molar-refractivity contribution in [2.24, 2.45) is 0 Å². The highest BCUT2D eigenvalue weighted by molar-refractivity contribution is 9.10. The average Bonchev–Trinajstić information content (AvgIpc) is 3.50. The van der Waals surface area contributed by atoms with Crippen molar-refractivity contribution in [1.82, 2.24) is 15.6 Å². The van der Waals surface area contributed by atoms with Gasteiger partial charge >= 0.3 is 0 Å². The number of benzene rings is 2. The van der Waals surface area contributed by atoms with Gasteiger partial charge in [-0.2, -0.15) is 0 Å². The molecule has 2 aromatic carbocycles. The number of amides is 2. The monoisotopic (exact) mass is 481 g/mol. The lowest BCUT2D eigenvalue weighted by molar-refractivity contribution is 0.0846. The van der Waals surface area contributed by atoms with Crippen LogP contribution in [-0.4, -0.2) is 32.9 Å². The third-order valence-electron chi connectivity index (χ3n) is 4.11. The van der Waals surface area contributed by atoms with Gasteiger partial charge in [0.1, 0.15) is 5.75 Å². The van der Waals surface area contributed by atoms with Crippen molar-refractivity contribution in [2.75, 3.05) is 6.61 Å². The molecule has 8 nitrogen and oxygen atoms in total. The van der Waals surface area contributed by atoms with Gasteiger partial charge in [-0.25, -0.2) is 13.1 Å². The molecule has 2 aromatic rings. The number of hydrazine groups is 1. The molecular formula is C19H20BrN3O5S. The maximum atomic E-state index is 12.5. The van der Waals surface area contributed by atoms with E-state index in [9.17, 15) is 18.0 Å². The fraction of sp³-hybridized carbons (Fsp3) is 0.263. The van der Waals surface area contributed by atoms with E-state index in [-0.39, 0.29) is 16.5 Å². The topological polar surface area (TPSA) is 114 Å². The molecule has 0 unspecified atom stereocenters. The number of rotatable bonds is 7. The minimum absolute atomic E-state index is 0.0180. The maximum absolute atomic E-state index is 12.5. The Bertz CT molecular complexity index is 1020.